The molecule has 1 aliphatic carbocycles. The highest BCUT2D eigenvalue weighted by Crippen LogP contribution is 2.38. The molecule has 2 aliphatic rings. The van der Waals surface area contributed by atoms with Gasteiger partial charge in [0.2, 0.25) is 0 Å². The van der Waals surface area contributed by atoms with Gasteiger partial charge in [0.05, 0.1) is 6.10 Å². The van der Waals surface area contributed by atoms with E-state index in [0.717, 1.165) is 31.2 Å². The van der Waals surface area contributed by atoms with Gasteiger partial charge >= 0.3 is 0 Å². The highest BCUT2D eigenvalue weighted by Gasteiger charge is 2.27. The molecule has 110 valence electrons. The second kappa shape index (κ2) is 6.37. The average Bonchev–Trinajstić information content (AvgIpc) is 3.33. The molecular formula is C14H23N5O. The number of hydrazine groups is 1. The summed E-state index contributed by atoms with van der Waals surface area (Å²) in [4.78, 5) is 8.97. The van der Waals surface area contributed by atoms with Crippen LogP contribution in [0.15, 0.2) is 6.07 Å². The van der Waals surface area contributed by atoms with Crippen molar-refractivity contribution in [3.8, 4) is 0 Å². The van der Waals surface area contributed by atoms with E-state index in [1.54, 1.807) is 0 Å². The number of ether oxygens (including phenoxy) is 1. The second-order valence-corrected chi connectivity index (χ2v) is 5.62. The van der Waals surface area contributed by atoms with Crippen molar-refractivity contribution in [1.82, 2.24) is 9.97 Å². The Morgan fingerprint density at radius 1 is 1.20 bits per heavy atom. The summed E-state index contributed by atoms with van der Waals surface area (Å²) < 4.78 is 5.73. The summed E-state index contributed by atoms with van der Waals surface area (Å²) in [6.45, 7) is 1.78. The molecule has 1 aromatic rings. The lowest BCUT2D eigenvalue weighted by Gasteiger charge is -2.22. The molecule has 3 rings (SSSR count). The van der Waals surface area contributed by atoms with Gasteiger partial charge in [0.15, 0.2) is 0 Å². The molecule has 1 aliphatic heterocycles. The number of nitrogens with zero attached hydrogens (tertiary/aromatic N) is 2. The summed E-state index contributed by atoms with van der Waals surface area (Å²) in [5, 5.41) is 3.36. The Balaban J connectivity index is 1.54. The van der Waals surface area contributed by atoms with Gasteiger partial charge in [-0.15, -0.1) is 0 Å². The molecule has 1 saturated carbocycles. The molecule has 20 heavy (non-hydrogen) atoms. The van der Waals surface area contributed by atoms with E-state index in [1.807, 2.05) is 6.07 Å². The minimum atomic E-state index is 0.396. The molecule has 1 unspecified atom stereocenters. The van der Waals surface area contributed by atoms with Crippen LogP contribution < -0.4 is 16.6 Å². The van der Waals surface area contributed by atoms with Crippen LogP contribution in [0.3, 0.4) is 0 Å². The fourth-order valence-corrected chi connectivity index (χ4v) is 2.55. The van der Waals surface area contributed by atoms with E-state index in [1.165, 1.54) is 32.1 Å². The molecule has 1 saturated heterocycles. The van der Waals surface area contributed by atoms with Gasteiger partial charge in [0.25, 0.3) is 0 Å². The normalized spacial score (nSPS) is 22.6. The summed E-state index contributed by atoms with van der Waals surface area (Å²) in [5.74, 6) is 8.42. The first kappa shape index (κ1) is 13.6. The molecular weight excluding hydrogens is 254 g/mol. The van der Waals surface area contributed by atoms with Crippen molar-refractivity contribution >= 4 is 11.6 Å². The van der Waals surface area contributed by atoms with E-state index in [2.05, 4.69) is 20.7 Å². The van der Waals surface area contributed by atoms with Gasteiger partial charge in [-0.25, -0.2) is 15.8 Å². The number of anilines is 2. The standard InChI is InChI=1S/C14H23N5O/c15-19-13-9-12(17-14(18-13)10-4-5-10)16-7-6-11-3-1-2-8-20-11/h9-11H,1-8,15H2,(H2,16,17,18,19). The highest BCUT2D eigenvalue weighted by atomic mass is 16.5. The van der Waals surface area contributed by atoms with Crippen molar-refractivity contribution in [1.29, 1.82) is 0 Å². The molecule has 0 spiro atoms. The van der Waals surface area contributed by atoms with Gasteiger partial charge in [0.1, 0.15) is 17.5 Å². The number of nitrogens with two attached hydrogens (primary N) is 1. The molecule has 0 bridgehead atoms. The maximum Gasteiger partial charge on any atom is 0.145 e. The minimum absolute atomic E-state index is 0.396. The third kappa shape index (κ3) is 3.58. The van der Waals surface area contributed by atoms with Crippen LogP contribution in [0.2, 0.25) is 0 Å². The minimum Gasteiger partial charge on any atom is -0.378 e. The fraction of sp³-hybridized carbons (Fsp3) is 0.714. The Kier molecular flexibility index (Phi) is 4.32. The third-order valence-electron chi connectivity index (χ3n) is 3.88. The van der Waals surface area contributed by atoms with Gasteiger partial charge in [0, 0.05) is 25.1 Å². The largest absolute Gasteiger partial charge is 0.378 e. The van der Waals surface area contributed by atoms with Crippen LogP contribution in [0.5, 0.6) is 0 Å². The van der Waals surface area contributed by atoms with Crippen molar-refractivity contribution in [2.75, 3.05) is 23.9 Å². The van der Waals surface area contributed by atoms with Gasteiger partial charge in [-0.1, -0.05) is 0 Å². The van der Waals surface area contributed by atoms with Gasteiger partial charge in [-0.05, 0) is 38.5 Å². The van der Waals surface area contributed by atoms with E-state index >= 15 is 0 Å². The van der Waals surface area contributed by atoms with Crippen LogP contribution >= 0.6 is 0 Å². The first-order valence-corrected chi connectivity index (χ1v) is 7.56. The highest BCUT2D eigenvalue weighted by molar-refractivity contribution is 5.47. The summed E-state index contributed by atoms with van der Waals surface area (Å²) in [7, 11) is 0. The molecule has 0 aromatic carbocycles. The molecule has 2 fully saturated rings. The first-order valence-electron chi connectivity index (χ1n) is 7.56. The smallest absolute Gasteiger partial charge is 0.145 e. The molecule has 1 atom stereocenters. The fourth-order valence-electron chi connectivity index (χ4n) is 2.55. The summed E-state index contributed by atoms with van der Waals surface area (Å²) >= 11 is 0. The number of rotatable bonds is 6. The maximum atomic E-state index is 5.73. The van der Waals surface area contributed by atoms with Crippen molar-refractivity contribution in [2.45, 2.75) is 50.5 Å². The predicted molar refractivity (Wildman–Crippen MR) is 78.5 cm³/mol. The van der Waals surface area contributed by atoms with Crippen LogP contribution in [0.4, 0.5) is 11.6 Å². The first-order chi connectivity index (χ1) is 9.85. The van der Waals surface area contributed by atoms with Crippen molar-refractivity contribution in [3.05, 3.63) is 11.9 Å². The zero-order valence-corrected chi connectivity index (χ0v) is 11.8. The van der Waals surface area contributed by atoms with Crippen LogP contribution in [-0.4, -0.2) is 29.2 Å². The van der Waals surface area contributed by atoms with Gasteiger partial charge in [-0.2, -0.15) is 0 Å². The summed E-state index contributed by atoms with van der Waals surface area (Å²) in [6.07, 6.45) is 7.44. The lowest BCUT2D eigenvalue weighted by Crippen LogP contribution is -2.22. The zero-order valence-electron chi connectivity index (χ0n) is 11.8. The molecule has 1 aromatic heterocycles. The van der Waals surface area contributed by atoms with Crippen LogP contribution in [0.1, 0.15) is 50.3 Å². The van der Waals surface area contributed by atoms with Gasteiger partial charge in [-0.3, -0.25) is 0 Å². The Labute approximate surface area is 119 Å². The number of hydrogen-bond acceptors (Lipinski definition) is 6. The van der Waals surface area contributed by atoms with Crippen LogP contribution in [-0.2, 0) is 4.74 Å². The lowest BCUT2D eigenvalue weighted by atomic mass is 10.1. The summed E-state index contributed by atoms with van der Waals surface area (Å²) in [6, 6.07) is 1.85. The Morgan fingerprint density at radius 2 is 2.05 bits per heavy atom. The average molecular weight is 277 g/mol. The molecule has 6 nitrogen and oxygen atoms in total. The van der Waals surface area contributed by atoms with Crippen molar-refractivity contribution < 1.29 is 4.74 Å². The summed E-state index contributed by atoms with van der Waals surface area (Å²) in [5.41, 5.74) is 2.61. The Morgan fingerprint density at radius 3 is 2.75 bits per heavy atom. The van der Waals surface area contributed by atoms with E-state index < -0.39 is 0 Å². The number of nitrogens with one attached hydrogen (secondary N) is 2. The van der Waals surface area contributed by atoms with E-state index in [0.29, 0.717) is 17.8 Å². The second-order valence-electron chi connectivity index (χ2n) is 5.62. The van der Waals surface area contributed by atoms with E-state index in [4.69, 9.17) is 10.6 Å². The quantitative estimate of drug-likeness (QED) is 0.545. The Hall–Kier alpha value is -1.40. The van der Waals surface area contributed by atoms with E-state index in [9.17, 15) is 0 Å². The predicted octanol–water partition coefficient (Wildman–Crippen LogP) is 2.01. The zero-order chi connectivity index (χ0) is 13.8. The maximum absolute atomic E-state index is 5.73. The number of hydrogen-bond donors (Lipinski definition) is 3. The molecule has 4 N–H and O–H groups in total. The number of aromatic nitrogens is 2. The molecule has 2 heterocycles. The van der Waals surface area contributed by atoms with Crippen molar-refractivity contribution in [2.24, 2.45) is 5.84 Å². The van der Waals surface area contributed by atoms with Gasteiger partial charge < -0.3 is 15.5 Å². The molecule has 6 heteroatoms. The SMILES string of the molecule is NNc1cc(NCCC2CCCCO2)nc(C2CC2)n1. The topological polar surface area (TPSA) is 85.1 Å². The third-order valence-corrected chi connectivity index (χ3v) is 3.88. The van der Waals surface area contributed by atoms with Crippen molar-refractivity contribution in [3.63, 3.8) is 0 Å². The monoisotopic (exact) mass is 277 g/mol. The lowest BCUT2D eigenvalue weighted by molar-refractivity contribution is 0.0134. The Bertz CT molecular complexity index is 443. The molecule has 0 amide bonds. The van der Waals surface area contributed by atoms with E-state index in [-0.39, 0.29) is 0 Å². The number of nitrogen functional groups attached to an aromatic ring is 1. The molecule has 0 radical (unpaired) electrons. The van der Waals surface area contributed by atoms with Crippen LogP contribution in [0.25, 0.3) is 0 Å². The van der Waals surface area contributed by atoms with Crippen LogP contribution in [0, 0.1) is 0 Å².